The van der Waals surface area contributed by atoms with E-state index in [0.717, 1.165) is 56.9 Å². The predicted octanol–water partition coefficient (Wildman–Crippen LogP) is 2.86. The minimum absolute atomic E-state index is 0.344. The van der Waals surface area contributed by atoms with Gasteiger partial charge in [-0.05, 0) is 48.9 Å². The van der Waals surface area contributed by atoms with Crippen LogP contribution in [0, 0.1) is 11.8 Å². The molecular formula is C22H33N3O2. The quantitative estimate of drug-likeness (QED) is 0.815. The zero-order valence-corrected chi connectivity index (χ0v) is 16.6. The first-order valence-electron chi connectivity index (χ1n) is 10.6. The van der Waals surface area contributed by atoms with Crippen LogP contribution in [0.2, 0.25) is 0 Å². The third-order valence-electron chi connectivity index (χ3n) is 6.81. The monoisotopic (exact) mass is 371 g/mol. The first-order chi connectivity index (χ1) is 13.2. The number of nitrogens with zero attached hydrogens (tertiary/aromatic N) is 3. The number of hydrogen-bond acceptors (Lipinski definition) is 4. The second-order valence-electron chi connectivity index (χ2n) is 8.39. The molecule has 0 N–H and O–H groups in total. The Labute approximate surface area is 163 Å². The molecule has 1 amide bonds. The molecule has 27 heavy (non-hydrogen) atoms. The van der Waals surface area contributed by atoms with Crippen molar-refractivity contribution in [3.63, 3.8) is 0 Å². The highest BCUT2D eigenvalue weighted by atomic mass is 16.5. The van der Waals surface area contributed by atoms with E-state index < -0.39 is 0 Å². The molecule has 0 spiro atoms. The molecule has 2 heterocycles. The molecular weight excluding hydrogens is 338 g/mol. The SMILES string of the molecule is COc1ccc(N2CCN(CC(=O)N3CC[C@@H]4CCCC[C@H]4C3)CC2)cc1. The van der Waals surface area contributed by atoms with Crippen LogP contribution in [0.5, 0.6) is 5.75 Å². The molecule has 3 fully saturated rings. The van der Waals surface area contributed by atoms with Crippen LogP contribution >= 0.6 is 0 Å². The minimum atomic E-state index is 0.344. The van der Waals surface area contributed by atoms with Gasteiger partial charge in [0, 0.05) is 45.0 Å². The van der Waals surface area contributed by atoms with Crippen LogP contribution in [0.15, 0.2) is 24.3 Å². The lowest BCUT2D eigenvalue weighted by molar-refractivity contribution is -0.135. The van der Waals surface area contributed by atoms with E-state index >= 15 is 0 Å². The number of piperazine rings is 1. The van der Waals surface area contributed by atoms with Crippen molar-refractivity contribution < 1.29 is 9.53 Å². The van der Waals surface area contributed by atoms with E-state index in [4.69, 9.17) is 4.74 Å². The van der Waals surface area contributed by atoms with Crippen LogP contribution in [0.1, 0.15) is 32.1 Å². The van der Waals surface area contributed by atoms with Gasteiger partial charge in [-0.25, -0.2) is 0 Å². The molecule has 2 saturated heterocycles. The summed E-state index contributed by atoms with van der Waals surface area (Å²) in [5, 5.41) is 0. The summed E-state index contributed by atoms with van der Waals surface area (Å²) < 4.78 is 5.24. The second kappa shape index (κ2) is 8.51. The summed E-state index contributed by atoms with van der Waals surface area (Å²) in [5.41, 5.74) is 1.24. The normalized spacial score (nSPS) is 26.6. The summed E-state index contributed by atoms with van der Waals surface area (Å²) in [5.74, 6) is 2.89. The van der Waals surface area contributed by atoms with Crippen LogP contribution in [-0.2, 0) is 4.79 Å². The van der Waals surface area contributed by atoms with Crippen LogP contribution in [0.4, 0.5) is 5.69 Å². The number of methoxy groups -OCH3 is 1. The number of piperidine rings is 1. The van der Waals surface area contributed by atoms with E-state index in [1.807, 2.05) is 12.1 Å². The zero-order chi connectivity index (χ0) is 18.6. The number of benzene rings is 1. The highest BCUT2D eigenvalue weighted by Crippen LogP contribution is 2.36. The van der Waals surface area contributed by atoms with Crippen LogP contribution in [0.3, 0.4) is 0 Å². The number of rotatable bonds is 4. The Morgan fingerprint density at radius 3 is 2.37 bits per heavy atom. The summed E-state index contributed by atoms with van der Waals surface area (Å²) in [4.78, 5) is 19.7. The molecule has 1 aromatic carbocycles. The Balaban J connectivity index is 1.24. The Morgan fingerprint density at radius 1 is 0.963 bits per heavy atom. The van der Waals surface area contributed by atoms with Gasteiger partial charge >= 0.3 is 0 Å². The second-order valence-corrected chi connectivity index (χ2v) is 8.39. The van der Waals surface area contributed by atoms with Crippen LogP contribution in [-0.4, -0.2) is 68.6 Å². The number of carbonyl (C=O) groups is 1. The topological polar surface area (TPSA) is 36.0 Å². The van der Waals surface area contributed by atoms with Gasteiger partial charge < -0.3 is 14.5 Å². The molecule has 2 aliphatic heterocycles. The molecule has 1 aromatic rings. The first kappa shape index (κ1) is 18.6. The van der Waals surface area contributed by atoms with E-state index in [-0.39, 0.29) is 0 Å². The fourth-order valence-electron chi connectivity index (χ4n) is 5.08. The summed E-state index contributed by atoms with van der Waals surface area (Å²) in [7, 11) is 1.70. The summed E-state index contributed by atoms with van der Waals surface area (Å²) in [6.07, 6.45) is 6.70. The van der Waals surface area contributed by atoms with E-state index in [9.17, 15) is 4.79 Å². The van der Waals surface area contributed by atoms with Crippen LogP contribution in [0.25, 0.3) is 0 Å². The van der Waals surface area contributed by atoms with Gasteiger partial charge in [-0.2, -0.15) is 0 Å². The van der Waals surface area contributed by atoms with Crippen molar-refractivity contribution in [1.82, 2.24) is 9.80 Å². The van der Waals surface area contributed by atoms with Crippen molar-refractivity contribution in [2.24, 2.45) is 11.8 Å². The van der Waals surface area contributed by atoms with Gasteiger partial charge in [-0.3, -0.25) is 9.69 Å². The van der Waals surface area contributed by atoms with Gasteiger partial charge in [0.15, 0.2) is 0 Å². The lowest BCUT2D eigenvalue weighted by Gasteiger charge is -2.42. The van der Waals surface area contributed by atoms with Gasteiger partial charge in [0.25, 0.3) is 0 Å². The van der Waals surface area contributed by atoms with Gasteiger partial charge in [0.1, 0.15) is 5.75 Å². The maximum atomic E-state index is 12.8. The van der Waals surface area contributed by atoms with Crippen LogP contribution < -0.4 is 9.64 Å². The standard InChI is InChI=1S/C22H33N3O2/c1-27-21-8-6-20(7-9-21)24-14-12-23(13-15-24)17-22(26)25-11-10-18-4-2-3-5-19(18)16-25/h6-9,18-19H,2-5,10-17H2,1H3/t18-,19-/m0/s1. The number of hydrogen-bond donors (Lipinski definition) is 0. The van der Waals surface area contributed by atoms with Crippen molar-refractivity contribution in [2.75, 3.05) is 57.8 Å². The number of ether oxygens (including phenoxy) is 1. The smallest absolute Gasteiger partial charge is 0.236 e. The molecule has 2 atom stereocenters. The maximum Gasteiger partial charge on any atom is 0.236 e. The molecule has 3 aliphatic rings. The minimum Gasteiger partial charge on any atom is -0.497 e. The molecule has 0 radical (unpaired) electrons. The molecule has 5 nitrogen and oxygen atoms in total. The molecule has 4 rings (SSSR count). The Hall–Kier alpha value is -1.75. The maximum absolute atomic E-state index is 12.8. The fourth-order valence-corrected chi connectivity index (χ4v) is 5.08. The number of likely N-dealkylation sites (tertiary alicyclic amines) is 1. The lowest BCUT2D eigenvalue weighted by atomic mass is 9.75. The predicted molar refractivity (Wildman–Crippen MR) is 108 cm³/mol. The van der Waals surface area contributed by atoms with E-state index in [1.54, 1.807) is 7.11 Å². The number of carbonyl (C=O) groups excluding carboxylic acids is 1. The highest BCUT2D eigenvalue weighted by Gasteiger charge is 2.33. The molecule has 0 bridgehead atoms. The van der Waals surface area contributed by atoms with Crippen molar-refractivity contribution in [1.29, 1.82) is 0 Å². The number of fused-ring (bicyclic) bond motifs is 1. The summed E-state index contributed by atoms with van der Waals surface area (Å²) >= 11 is 0. The lowest BCUT2D eigenvalue weighted by Crippen LogP contribution is -2.52. The number of amides is 1. The molecule has 0 aromatic heterocycles. The molecule has 1 aliphatic carbocycles. The molecule has 0 unspecified atom stereocenters. The highest BCUT2D eigenvalue weighted by molar-refractivity contribution is 5.78. The van der Waals surface area contributed by atoms with E-state index in [1.165, 1.54) is 37.8 Å². The third kappa shape index (κ3) is 4.40. The van der Waals surface area contributed by atoms with Crippen molar-refractivity contribution >= 4 is 11.6 Å². The molecule has 148 valence electrons. The fraction of sp³-hybridized carbons (Fsp3) is 0.682. The third-order valence-corrected chi connectivity index (χ3v) is 6.81. The summed E-state index contributed by atoms with van der Waals surface area (Å²) in [6, 6.07) is 8.27. The van der Waals surface area contributed by atoms with Gasteiger partial charge in [-0.15, -0.1) is 0 Å². The van der Waals surface area contributed by atoms with E-state index in [2.05, 4.69) is 26.8 Å². The Bertz CT molecular complexity index is 625. The average Bonchev–Trinajstić information content (AvgIpc) is 2.74. The van der Waals surface area contributed by atoms with E-state index in [0.29, 0.717) is 12.5 Å². The van der Waals surface area contributed by atoms with Crippen molar-refractivity contribution in [2.45, 2.75) is 32.1 Å². The Kier molecular flexibility index (Phi) is 5.86. The Morgan fingerprint density at radius 2 is 1.67 bits per heavy atom. The van der Waals surface area contributed by atoms with Crippen molar-refractivity contribution in [3.05, 3.63) is 24.3 Å². The van der Waals surface area contributed by atoms with Gasteiger partial charge in [0.05, 0.1) is 13.7 Å². The molecule has 1 saturated carbocycles. The van der Waals surface area contributed by atoms with Gasteiger partial charge in [-0.1, -0.05) is 19.3 Å². The largest absolute Gasteiger partial charge is 0.497 e. The number of anilines is 1. The summed E-state index contributed by atoms with van der Waals surface area (Å²) in [6.45, 7) is 6.44. The average molecular weight is 372 g/mol. The first-order valence-corrected chi connectivity index (χ1v) is 10.6. The van der Waals surface area contributed by atoms with Gasteiger partial charge in [0.2, 0.25) is 5.91 Å². The zero-order valence-electron chi connectivity index (χ0n) is 16.6. The van der Waals surface area contributed by atoms with Crippen molar-refractivity contribution in [3.8, 4) is 5.75 Å². The molecule has 5 heteroatoms.